The molecule has 630 valence electrons. The fourth-order valence-electron chi connectivity index (χ4n) is 13.6. The van der Waals surface area contributed by atoms with Crippen LogP contribution in [0, 0.1) is 11.8 Å². The van der Waals surface area contributed by atoms with Gasteiger partial charge in [-0.2, -0.15) is 0 Å². The number of aliphatic hydroxyl groups is 1. The maximum atomic E-state index is 13.2. The summed E-state index contributed by atoms with van der Waals surface area (Å²) in [5.74, 6) is -0.547. The van der Waals surface area contributed by atoms with Crippen LogP contribution in [0.5, 0.6) is 0 Å². The molecule has 6 atom stereocenters. The Morgan fingerprint density at radius 2 is 0.481 bits per heavy atom. The molecule has 0 aromatic carbocycles. The second kappa shape index (κ2) is 78.3. The molecule has 0 saturated carbocycles. The number of unbranched alkanes of at least 4 members (excludes halogenated alkanes) is 55. The lowest BCUT2D eigenvalue weighted by Gasteiger charge is -2.21. The van der Waals surface area contributed by atoms with Gasteiger partial charge in [-0.15, -0.1) is 0 Å². The third-order valence-corrected chi connectivity index (χ3v) is 22.7. The van der Waals surface area contributed by atoms with E-state index in [1.54, 1.807) is 0 Å². The van der Waals surface area contributed by atoms with E-state index in [0.717, 1.165) is 102 Å². The van der Waals surface area contributed by atoms with Gasteiger partial charge < -0.3 is 33.8 Å². The fraction of sp³-hybridized carbons (Fsp3) is 0.954. The van der Waals surface area contributed by atoms with Crippen molar-refractivity contribution in [3.8, 4) is 0 Å². The third kappa shape index (κ3) is 78.7. The van der Waals surface area contributed by atoms with E-state index in [0.29, 0.717) is 31.6 Å². The molecule has 3 unspecified atom stereocenters. The normalized spacial score (nSPS) is 14.1. The molecule has 0 spiro atoms. The topological polar surface area (TPSA) is 237 Å². The number of hydrogen-bond donors (Lipinski definition) is 3. The van der Waals surface area contributed by atoms with Crippen LogP contribution in [0.1, 0.15) is 465 Å². The van der Waals surface area contributed by atoms with E-state index >= 15 is 0 Å². The van der Waals surface area contributed by atoms with Gasteiger partial charge in [0.05, 0.1) is 26.4 Å². The highest BCUT2D eigenvalue weighted by Gasteiger charge is 2.30. The van der Waals surface area contributed by atoms with E-state index in [9.17, 15) is 43.2 Å². The van der Waals surface area contributed by atoms with Gasteiger partial charge in [0, 0.05) is 25.7 Å². The molecular weight excluding hydrogens is 1380 g/mol. The van der Waals surface area contributed by atoms with Crippen LogP contribution in [-0.2, 0) is 65.4 Å². The molecule has 0 aliphatic heterocycles. The molecule has 0 aliphatic rings. The number of carbonyl (C=O) groups excluding carboxylic acids is 4. The first-order chi connectivity index (χ1) is 51.4. The van der Waals surface area contributed by atoms with Gasteiger partial charge in [0.1, 0.15) is 19.3 Å². The predicted molar refractivity (Wildman–Crippen MR) is 437 cm³/mol. The van der Waals surface area contributed by atoms with Crippen molar-refractivity contribution in [2.24, 2.45) is 11.8 Å². The van der Waals surface area contributed by atoms with Gasteiger partial charge in [0.15, 0.2) is 12.2 Å². The molecule has 3 N–H and O–H groups in total. The number of ether oxygens (including phenoxy) is 4. The average Bonchev–Trinajstić information content (AvgIpc) is 0.915. The Hall–Kier alpha value is -1.94. The molecule has 0 radical (unpaired) electrons. The minimum absolute atomic E-state index is 0.108. The lowest BCUT2D eigenvalue weighted by molar-refractivity contribution is -0.161. The third-order valence-electron chi connectivity index (χ3n) is 20.8. The molecule has 0 rings (SSSR count). The minimum Gasteiger partial charge on any atom is -0.462 e. The van der Waals surface area contributed by atoms with E-state index in [4.69, 9.17) is 37.0 Å². The smallest absolute Gasteiger partial charge is 0.462 e. The van der Waals surface area contributed by atoms with E-state index < -0.39 is 97.5 Å². The summed E-state index contributed by atoms with van der Waals surface area (Å²) in [5, 5.41) is 10.7. The van der Waals surface area contributed by atoms with Crippen molar-refractivity contribution in [1.29, 1.82) is 0 Å². The van der Waals surface area contributed by atoms with Crippen LogP contribution in [0.4, 0.5) is 0 Å². The number of phosphoric ester groups is 2. The van der Waals surface area contributed by atoms with Gasteiger partial charge in [0.2, 0.25) is 0 Å². The Bertz CT molecular complexity index is 2030. The Morgan fingerprint density at radius 3 is 0.717 bits per heavy atom. The van der Waals surface area contributed by atoms with E-state index in [2.05, 4.69) is 41.5 Å². The van der Waals surface area contributed by atoms with Crippen LogP contribution in [0.25, 0.3) is 0 Å². The predicted octanol–water partition coefficient (Wildman–Crippen LogP) is 26.6. The molecule has 0 aromatic rings. The average molecular weight is 1550 g/mol. The van der Waals surface area contributed by atoms with E-state index in [-0.39, 0.29) is 25.7 Å². The van der Waals surface area contributed by atoms with Crippen LogP contribution in [0.15, 0.2) is 0 Å². The Kier molecular flexibility index (Phi) is 76.9. The molecule has 0 fully saturated rings. The van der Waals surface area contributed by atoms with Crippen LogP contribution >= 0.6 is 15.6 Å². The molecule has 0 amide bonds. The van der Waals surface area contributed by atoms with Gasteiger partial charge in [-0.05, 0) is 37.5 Å². The zero-order chi connectivity index (χ0) is 77.8. The highest BCUT2D eigenvalue weighted by Crippen LogP contribution is 2.45. The Morgan fingerprint density at radius 1 is 0.274 bits per heavy atom. The standard InChI is InChI=1S/C87H170O17P2/c1-7-10-12-14-16-18-20-22-24-26-27-28-29-30-31-33-39-43-47-53-60-66-71-86(91)103-82(75-97-84(89)69-63-57-51-45-41-37-35-34-36-40-44-50-56-62-68-80(6)9-3)77-101-105(93,94)99-73-81(88)74-100-106(95,96)102-78-83(76-98-85(90)70-64-58-54-48-49-55-61-67-79(4)5)104-87(92)72-65-59-52-46-42-38-32-25-23-21-19-17-15-13-11-8-2/h79-83,88H,7-78H2,1-6H3,(H,93,94)(H,95,96)/t80?,81-,82-,83-/m1/s1. The van der Waals surface area contributed by atoms with Gasteiger partial charge in [0.25, 0.3) is 0 Å². The zero-order valence-corrected chi connectivity index (χ0v) is 71.5. The van der Waals surface area contributed by atoms with Gasteiger partial charge in [-0.25, -0.2) is 9.13 Å². The van der Waals surface area contributed by atoms with Gasteiger partial charge >= 0.3 is 39.5 Å². The highest BCUT2D eigenvalue weighted by molar-refractivity contribution is 7.47. The molecular formula is C87H170O17P2. The second-order valence-corrected chi connectivity index (χ2v) is 34.9. The summed E-state index contributed by atoms with van der Waals surface area (Å²) in [6, 6.07) is 0. The Balaban J connectivity index is 5.22. The monoisotopic (exact) mass is 1550 g/mol. The van der Waals surface area contributed by atoms with Crippen LogP contribution in [0.2, 0.25) is 0 Å². The quantitative estimate of drug-likeness (QED) is 0.0222. The summed E-state index contributed by atoms with van der Waals surface area (Å²) in [7, 11) is -9.93. The molecule has 0 heterocycles. The van der Waals surface area contributed by atoms with E-state index in [1.165, 1.54) is 276 Å². The fourth-order valence-corrected chi connectivity index (χ4v) is 15.1. The van der Waals surface area contributed by atoms with Crippen molar-refractivity contribution < 1.29 is 80.2 Å². The summed E-state index contributed by atoms with van der Waals surface area (Å²) < 4.78 is 68.9. The lowest BCUT2D eigenvalue weighted by atomic mass is 9.99. The van der Waals surface area contributed by atoms with Crippen LogP contribution in [-0.4, -0.2) is 96.7 Å². The molecule has 0 bridgehead atoms. The van der Waals surface area contributed by atoms with Crippen molar-refractivity contribution >= 4 is 39.5 Å². The maximum Gasteiger partial charge on any atom is 0.472 e. The highest BCUT2D eigenvalue weighted by atomic mass is 31.2. The minimum atomic E-state index is -4.97. The maximum absolute atomic E-state index is 13.2. The van der Waals surface area contributed by atoms with Crippen molar-refractivity contribution in [2.75, 3.05) is 39.6 Å². The summed E-state index contributed by atoms with van der Waals surface area (Å²) >= 11 is 0. The number of hydrogen-bond acceptors (Lipinski definition) is 15. The van der Waals surface area contributed by atoms with Gasteiger partial charge in [-0.3, -0.25) is 37.3 Å². The first kappa shape index (κ1) is 104. The summed E-state index contributed by atoms with van der Waals surface area (Å²) in [6.45, 7) is 9.68. The molecule has 0 saturated heterocycles. The molecule has 17 nitrogen and oxygen atoms in total. The molecule has 0 aliphatic carbocycles. The second-order valence-electron chi connectivity index (χ2n) is 32.0. The van der Waals surface area contributed by atoms with Crippen molar-refractivity contribution in [2.45, 2.75) is 484 Å². The first-order valence-electron chi connectivity index (χ1n) is 45.0. The molecule has 0 aromatic heterocycles. The van der Waals surface area contributed by atoms with Crippen LogP contribution < -0.4 is 0 Å². The summed E-state index contributed by atoms with van der Waals surface area (Å²) in [5.41, 5.74) is 0. The zero-order valence-electron chi connectivity index (χ0n) is 69.7. The lowest BCUT2D eigenvalue weighted by Crippen LogP contribution is -2.30. The number of aliphatic hydroxyl groups excluding tert-OH is 1. The number of esters is 4. The van der Waals surface area contributed by atoms with Crippen molar-refractivity contribution in [3.63, 3.8) is 0 Å². The van der Waals surface area contributed by atoms with Crippen molar-refractivity contribution in [3.05, 3.63) is 0 Å². The Labute approximate surface area is 651 Å². The summed E-state index contributed by atoms with van der Waals surface area (Å²) in [6.07, 6.45) is 70.9. The van der Waals surface area contributed by atoms with E-state index in [1.807, 2.05) is 0 Å². The molecule has 19 heteroatoms. The number of rotatable bonds is 86. The first-order valence-corrected chi connectivity index (χ1v) is 48.0. The molecule has 106 heavy (non-hydrogen) atoms. The number of carbonyl (C=O) groups is 4. The van der Waals surface area contributed by atoms with Crippen LogP contribution in [0.3, 0.4) is 0 Å². The van der Waals surface area contributed by atoms with Crippen molar-refractivity contribution in [1.82, 2.24) is 0 Å². The largest absolute Gasteiger partial charge is 0.472 e. The number of phosphoric acid groups is 2. The van der Waals surface area contributed by atoms with Gasteiger partial charge in [-0.1, -0.05) is 414 Å². The summed E-state index contributed by atoms with van der Waals surface area (Å²) in [4.78, 5) is 73.2. The SMILES string of the molecule is CCCCCCCCCCCCCCCCCCCCCCCCC(=O)O[C@H](COC(=O)CCCCCCCCCCCCCCCCC(C)CC)COP(=O)(O)OC[C@@H](O)COP(=O)(O)OC[C@@H](COC(=O)CCCCCCCCCC(C)C)OC(=O)CCCCCCCCCCCCCCCCCC.